The number of hydrogen-bond acceptors (Lipinski definition) is 2. The average Bonchev–Trinajstić information content (AvgIpc) is 1.69. The minimum atomic E-state index is -0.245. The molecule has 0 saturated carbocycles. The maximum atomic E-state index is 9.59. The second-order valence-electron chi connectivity index (χ2n) is 0.963. The van der Waals surface area contributed by atoms with Crippen LogP contribution in [0.25, 0.3) is 0 Å². The van der Waals surface area contributed by atoms with E-state index in [2.05, 4.69) is 20.7 Å². The van der Waals surface area contributed by atoms with E-state index in [4.69, 9.17) is 0 Å². The van der Waals surface area contributed by atoms with Gasteiger partial charge in [0.25, 0.3) is 0 Å². The van der Waals surface area contributed by atoms with Gasteiger partial charge < -0.3 is 4.74 Å². The number of carbonyl (C=O) groups is 1. The Bertz CT molecular complexity index is 54.4. The predicted molar refractivity (Wildman–Crippen MR) is 37.2 cm³/mol. The maximum absolute atomic E-state index is 9.59. The molecular formula is C5H11BrO2. The molecule has 0 bridgehead atoms. The fourth-order valence-electron chi connectivity index (χ4n) is 0. The van der Waals surface area contributed by atoms with Crippen LogP contribution in [0, 0.1) is 0 Å². The predicted octanol–water partition coefficient (Wildman–Crippen LogP) is 1.58. The number of halogens is 1. The Kier molecular flexibility index (Phi) is 13.6. The molecule has 0 atom stereocenters. The summed E-state index contributed by atoms with van der Waals surface area (Å²) in [6.07, 6.45) is 0. The Labute approximate surface area is 58.3 Å². The molecule has 0 N–H and O–H groups in total. The van der Waals surface area contributed by atoms with Crippen LogP contribution in [0.3, 0.4) is 0 Å². The lowest BCUT2D eigenvalue weighted by Gasteiger charge is -1.80. The van der Waals surface area contributed by atoms with Gasteiger partial charge in [0.2, 0.25) is 0 Å². The molecule has 0 aliphatic heterocycles. The van der Waals surface area contributed by atoms with Crippen molar-refractivity contribution < 1.29 is 9.53 Å². The van der Waals surface area contributed by atoms with Crippen molar-refractivity contribution >= 4 is 21.9 Å². The molecule has 0 aromatic carbocycles. The van der Waals surface area contributed by atoms with Crippen molar-refractivity contribution in [3.05, 3.63) is 0 Å². The third-order valence-corrected chi connectivity index (χ3v) is 0.287. The van der Waals surface area contributed by atoms with Gasteiger partial charge in [-0.1, -0.05) is 22.9 Å². The van der Waals surface area contributed by atoms with E-state index in [1.54, 1.807) is 0 Å². The van der Waals surface area contributed by atoms with Gasteiger partial charge >= 0.3 is 5.97 Å². The molecule has 0 aromatic heterocycles. The normalized spacial score (nSPS) is 6.50. The number of ether oxygens (including phenoxy) is 1. The molecule has 0 radical (unpaired) electrons. The smallest absolute Gasteiger partial charge is 0.302 e. The van der Waals surface area contributed by atoms with Crippen molar-refractivity contribution in [2.75, 3.05) is 12.4 Å². The van der Waals surface area contributed by atoms with Crippen molar-refractivity contribution in [3.8, 4) is 0 Å². The van der Waals surface area contributed by atoms with Gasteiger partial charge in [0.1, 0.15) is 0 Å². The van der Waals surface area contributed by atoms with E-state index in [9.17, 15) is 4.79 Å². The molecule has 0 amide bonds. The fourth-order valence-corrected chi connectivity index (χ4v) is 0. The molecule has 0 fully saturated rings. The van der Waals surface area contributed by atoms with Crippen molar-refractivity contribution in [2.45, 2.75) is 13.8 Å². The van der Waals surface area contributed by atoms with Gasteiger partial charge in [-0.2, -0.15) is 0 Å². The molecule has 2 nitrogen and oxygen atoms in total. The lowest BCUT2D eigenvalue weighted by atomic mass is 10.8. The molecular weight excluding hydrogens is 172 g/mol. The fraction of sp³-hybridized carbons (Fsp3) is 0.800. The zero-order chi connectivity index (χ0) is 6.99. The summed E-state index contributed by atoms with van der Waals surface area (Å²) in [7, 11) is 1.35. The third-order valence-electron chi connectivity index (χ3n) is 0.287. The average molecular weight is 183 g/mol. The van der Waals surface area contributed by atoms with Crippen molar-refractivity contribution in [1.29, 1.82) is 0 Å². The summed E-state index contributed by atoms with van der Waals surface area (Å²) in [4.78, 5) is 9.59. The Balaban J connectivity index is 0. The van der Waals surface area contributed by atoms with Gasteiger partial charge in [-0.15, -0.1) is 0 Å². The van der Waals surface area contributed by atoms with Crippen molar-refractivity contribution in [1.82, 2.24) is 0 Å². The zero-order valence-corrected chi connectivity index (χ0v) is 6.99. The van der Waals surface area contributed by atoms with E-state index in [1.165, 1.54) is 14.0 Å². The van der Waals surface area contributed by atoms with E-state index in [0.29, 0.717) is 0 Å². The summed E-state index contributed by atoms with van der Waals surface area (Å²) < 4.78 is 4.11. The SMILES string of the molecule is CCBr.COC(C)=O. The Morgan fingerprint density at radius 2 is 1.88 bits per heavy atom. The molecule has 0 aromatic rings. The van der Waals surface area contributed by atoms with E-state index < -0.39 is 0 Å². The van der Waals surface area contributed by atoms with Crippen LogP contribution >= 0.6 is 15.9 Å². The molecule has 3 heteroatoms. The Morgan fingerprint density at radius 3 is 1.88 bits per heavy atom. The van der Waals surface area contributed by atoms with Crippen molar-refractivity contribution in [3.63, 3.8) is 0 Å². The van der Waals surface area contributed by atoms with E-state index >= 15 is 0 Å². The summed E-state index contributed by atoms with van der Waals surface area (Å²) in [6, 6.07) is 0. The highest BCUT2D eigenvalue weighted by Crippen LogP contribution is 1.67. The quantitative estimate of drug-likeness (QED) is 0.421. The van der Waals surface area contributed by atoms with E-state index in [0.717, 1.165) is 5.33 Å². The van der Waals surface area contributed by atoms with Crippen LogP contribution in [0.15, 0.2) is 0 Å². The minimum Gasteiger partial charge on any atom is -0.469 e. The molecule has 8 heavy (non-hydrogen) atoms. The van der Waals surface area contributed by atoms with Gasteiger partial charge in [0.15, 0.2) is 0 Å². The zero-order valence-electron chi connectivity index (χ0n) is 5.40. The summed E-state index contributed by atoms with van der Waals surface area (Å²) in [5.74, 6) is -0.245. The van der Waals surface area contributed by atoms with Gasteiger partial charge in [-0.25, -0.2) is 0 Å². The largest absolute Gasteiger partial charge is 0.469 e. The first kappa shape index (κ1) is 10.8. The van der Waals surface area contributed by atoms with Crippen LogP contribution in [0.2, 0.25) is 0 Å². The first-order valence-electron chi connectivity index (χ1n) is 2.29. The minimum absolute atomic E-state index is 0.245. The third kappa shape index (κ3) is 38.3. The molecule has 0 spiro atoms. The van der Waals surface area contributed by atoms with Gasteiger partial charge in [0, 0.05) is 12.3 Å². The summed E-state index contributed by atoms with van der Waals surface area (Å²) >= 11 is 3.15. The number of rotatable bonds is 0. The second-order valence-corrected chi connectivity index (χ2v) is 2.08. The van der Waals surface area contributed by atoms with Crippen LogP contribution in [0.4, 0.5) is 0 Å². The molecule has 0 saturated heterocycles. The van der Waals surface area contributed by atoms with Gasteiger partial charge in [0.05, 0.1) is 7.11 Å². The van der Waals surface area contributed by atoms with E-state index in [1.807, 2.05) is 6.92 Å². The number of carbonyl (C=O) groups excluding carboxylic acids is 1. The Morgan fingerprint density at radius 1 is 1.75 bits per heavy atom. The highest BCUT2D eigenvalue weighted by molar-refractivity contribution is 9.09. The molecule has 50 valence electrons. The molecule has 0 unspecified atom stereocenters. The number of alkyl halides is 1. The van der Waals surface area contributed by atoms with Crippen molar-refractivity contribution in [2.24, 2.45) is 0 Å². The number of hydrogen-bond donors (Lipinski definition) is 0. The summed E-state index contributed by atoms with van der Waals surface area (Å²) in [5, 5.41) is 1.06. The van der Waals surface area contributed by atoms with Gasteiger partial charge in [-0.05, 0) is 0 Å². The topological polar surface area (TPSA) is 26.3 Å². The first-order valence-corrected chi connectivity index (χ1v) is 3.41. The van der Waals surface area contributed by atoms with Crippen LogP contribution in [0.5, 0.6) is 0 Å². The summed E-state index contributed by atoms with van der Waals surface area (Å²) in [5.41, 5.74) is 0. The highest BCUT2D eigenvalue weighted by Gasteiger charge is 1.75. The lowest BCUT2D eigenvalue weighted by Crippen LogP contribution is -1.88. The standard InChI is InChI=1S/C3H6O2.C2H5Br/c1-3(4)5-2;1-2-3/h1-2H3;2H2,1H3. The second kappa shape index (κ2) is 10.0. The molecule has 0 aliphatic rings. The maximum Gasteiger partial charge on any atom is 0.302 e. The number of methoxy groups -OCH3 is 1. The van der Waals surface area contributed by atoms with E-state index in [-0.39, 0.29) is 5.97 Å². The summed E-state index contributed by atoms with van der Waals surface area (Å²) in [6.45, 7) is 3.40. The Hall–Kier alpha value is -0.0500. The first-order chi connectivity index (χ1) is 3.68. The van der Waals surface area contributed by atoms with Gasteiger partial charge in [-0.3, -0.25) is 4.79 Å². The highest BCUT2D eigenvalue weighted by atomic mass is 79.9. The molecule has 0 aliphatic carbocycles. The van der Waals surface area contributed by atoms with Crippen LogP contribution in [-0.2, 0) is 9.53 Å². The lowest BCUT2D eigenvalue weighted by molar-refractivity contribution is -0.137. The van der Waals surface area contributed by atoms with Crippen LogP contribution < -0.4 is 0 Å². The van der Waals surface area contributed by atoms with Crippen LogP contribution in [-0.4, -0.2) is 18.4 Å². The number of esters is 1. The molecule has 0 heterocycles. The van der Waals surface area contributed by atoms with Crippen LogP contribution in [0.1, 0.15) is 13.8 Å². The monoisotopic (exact) mass is 182 g/mol. The molecule has 0 rings (SSSR count).